The molecule has 2 nitrogen and oxygen atoms in total. The van der Waals surface area contributed by atoms with Crippen molar-refractivity contribution in [3.8, 4) is 0 Å². The normalized spacial score (nSPS) is 20.4. The highest BCUT2D eigenvalue weighted by Crippen LogP contribution is 2.27. The number of halogens is 1. The van der Waals surface area contributed by atoms with Crippen LogP contribution in [0.25, 0.3) is 0 Å². The van der Waals surface area contributed by atoms with Crippen LogP contribution in [0.15, 0.2) is 24.3 Å². The van der Waals surface area contributed by atoms with Gasteiger partial charge in [-0.2, -0.15) is 0 Å². The van der Waals surface area contributed by atoms with Crippen LogP contribution in [0, 0.1) is 5.82 Å². The Morgan fingerprint density at radius 2 is 1.94 bits per heavy atom. The molecule has 0 atom stereocenters. The van der Waals surface area contributed by atoms with Crippen molar-refractivity contribution in [2.24, 2.45) is 0 Å². The third-order valence-corrected chi connectivity index (χ3v) is 3.71. The second-order valence-electron chi connectivity index (χ2n) is 4.93. The first kappa shape index (κ1) is 12.5. The average molecular weight is 237 g/mol. The number of nitrogens with zero attached hydrogens (tertiary/aromatic N) is 1. The molecular formula is C14H20FNO. The van der Waals surface area contributed by atoms with E-state index in [-0.39, 0.29) is 5.82 Å². The van der Waals surface area contributed by atoms with Crippen molar-refractivity contribution >= 4 is 0 Å². The summed E-state index contributed by atoms with van der Waals surface area (Å²) >= 11 is 0. The minimum absolute atomic E-state index is 0.209. The number of likely N-dealkylation sites (tertiary alicyclic amines) is 1. The van der Waals surface area contributed by atoms with Gasteiger partial charge in [-0.25, -0.2) is 4.39 Å². The Balaban J connectivity index is 2.01. The maximum atomic E-state index is 13.5. The van der Waals surface area contributed by atoms with Gasteiger partial charge in [0.1, 0.15) is 5.82 Å². The molecule has 0 saturated carbocycles. The molecule has 0 spiro atoms. The molecule has 0 radical (unpaired) electrons. The fraction of sp³-hybridized carbons (Fsp3) is 0.571. The summed E-state index contributed by atoms with van der Waals surface area (Å²) in [7, 11) is 0. The Hall–Kier alpha value is -0.930. The third-order valence-electron chi connectivity index (χ3n) is 3.71. The van der Waals surface area contributed by atoms with Crippen LogP contribution in [0.1, 0.15) is 25.3 Å². The Bertz CT molecular complexity index is 372. The van der Waals surface area contributed by atoms with Gasteiger partial charge in [0.15, 0.2) is 0 Å². The van der Waals surface area contributed by atoms with Crippen LogP contribution >= 0.6 is 0 Å². The predicted molar refractivity (Wildman–Crippen MR) is 66.4 cm³/mol. The van der Waals surface area contributed by atoms with Gasteiger partial charge in [-0.1, -0.05) is 25.1 Å². The molecule has 94 valence electrons. The number of benzene rings is 1. The quantitative estimate of drug-likeness (QED) is 0.871. The molecule has 1 heterocycles. The molecule has 3 heteroatoms. The first-order valence-electron chi connectivity index (χ1n) is 6.31. The van der Waals surface area contributed by atoms with Gasteiger partial charge in [0.2, 0.25) is 0 Å². The molecule has 1 aliphatic heterocycles. The highest BCUT2D eigenvalue weighted by atomic mass is 19.1. The first-order chi connectivity index (χ1) is 8.13. The molecule has 1 N–H and O–H groups in total. The fourth-order valence-corrected chi connectivity index (χ4v) is 2.46. The van der Waals surface area contributed by atoms with Crippen molar-refractivity contribution in [3.63, 3.8) is 0 Å². The molecule has 1 saturated heterocycles. The smallest absolute Gasteiger partial charge is 0.126 e. The van der Waals surface area contributed by atoms with Gasteiger partial charge in [-0.15, -0.1) is 0 Å². The van der Waals surface area contributed by atoms with E-state index in [0.29, 0.717) is 12.0 Å². The third kappa shape index (κ3) is 3.05. The van der Waals surface area contributed by atoms with Crippen LogP contribution in [-0.4, -0.2) is 35.2 Å². The highest BCUT2D eigenvalue weighted by molar-refractivity contribution is 5.19. The fourth-order valence-electron chi connectivity index (χ4n) is 2.46. The number of rotatable bonds is 3. The summed E-state index contributed by atoms with van der Waals surface area (Å²) in [5, 5.41) is 10.5. The zero-order chi connectivity index (χ0) is 12.3. The van der Waals surface area contributed by atoms with Crippen molar-refractivity contribution in [2.75, 3.05) is 19.6 Å². The molecule has 2 rings (SSSR count). The van der Waals surface area contributed by atoms with Crippen LogP contribution in [-0.2, 0) is 6.42 Å². The number of piperidine rings is 1. The van der Waals surface area contributed by atoms with E-state index in [0.717, 1.165) is 32.5 Å². The van der Waals surface area contributed by atoms with E-state index >= 15 is 0 Å². The van der Waals surface area contributed by atoms with Crippen molar-refractivity contribution < 1.29 is 9.50 Å². The summed E-state index contributed by atoms with van der Waals surface area (Å²) in [6.07, 6.45) is 1.89. The van der Waals surface area contributed by atoms with E-state index in [2.05, 4.69) is 11.8 Å². The molecule has 17 heavy (non-hydrogen) atoms. The molecular weight excluding hydrogens is 217 g/mol. The highest BCUT2D eigenvalue weighted by Gasteiger charge is 2.32. The van der Waals surface area contributed by atoms with Crippen molar-refractivity contribution in [1.82, 2.24) is 4.90 Å². The second kappa shape index (κ2) is 5.15. The Morgan fingerprint density at radius 3 is 2.53 bits per heavy atom. The molecule has 1 aromatic rings. The molecule has 0 amide bonds. The Labute approximate surface area is 102 Å². The summed E-state index contributed by atoms with van der Waals surface area (Å²) in [4.78, 5) is 2.32. The van der Waals surface area contributed by atoms with Crippen LogP contribution in [0.4, 0.5) is 4.39 Å². The van der Waals surface area contributed by atoms with Crippen LogP contribution < -0.4 is 0 Å². The lowest BCUT2D eigenvalue weighted by Gasteiger charge is -2.38. The SMILES string of the molecule is CCN1CCC(O)(Cc2ccccc2F)CC1. The molecule has 0 bridgehead atoms. The van der Waals surface area contributed by atoms with Crippen LogP contribution in [0.3, 0.4) is 0 Å². The summed E-state index contributed by atoms with van der Waals surface area (Å²) in [6, 6.07) is 6.73. The van der Waals surface area contributed by atoms with E-state index in [1.165, 1.54) is 6.07 Å². The van der Waals surface area contributed by atoms with E-state index < -0.39 is 5.60 Å². The minimum atomic E-state index is -0.728. The maximum Gasteiger partial charge on any atom is 0.126 e. The largest absolute Gasteiger partial charge is 0.389 e. The summed E-state index contributed by atoms with van der Waals surface area (Å²) < 4.78 is 13.5. The zero-order valence-corrected chi connectivity index (χ0v) is 10.3. The predicted octanol–water partition coefficient (Wildman–Crippen LogP) is 2.21. The van der Waals surface area contributed by atoms with Gasteiger partial charge in [-0.05, 0) is 31.0 Å². The lowest BCUT2D eigenvalue weighted by atomic mass is 9.85. The van der Waals surface area contributed by atoms with Gasteiger partial charge >= 0.3 is 0 Å². The van der Waals surface area contributed by atoms with E-state index in [4.69, 9.17) is 0 Å². The monoisotopic (exact) mass is 237 g/mol. The van der Waals surface area contributed by atoms with Crippen molar-refractivity contribution in [1.29, 1.82) is 0 Å². The molecule has 1 fully saturated rings. The Kier molecular flexibility index (Phi) is 3.79. The summed E-state index contributed by atoms with van der Waals surface area (Å²) in [5.74, 6) is -0.209. The molecule has 1 aliphatic rings. The van der Waals surface area contributed by atoms with Gasteiger partial charge in [-0.3, -0.25) is 0 Å². The van der Waals surface area contributed by atoms with E-state index in [9.17, 15) is 9.50 Å². The number of hydrogen-bond donors (Lipinski definition) is 1. The van der Waals surface area contributed by atoms with E-state index in [1.807, 2.05) is 6.07 Å². The zero-order valence-electron chi connectivity index (χ0n) is 10.3. The van der Waals surface area contributed by atoms with Gasteiger partial charge in [0, 0.05) is 19.5 Å². The maximum absolute atomic E-state index is 13.5. The van der Waals surface area contributed by atoms with Gasteiger partial charge < -0.3 is 10.0 Å². The average Bonchev–Trinajstić information content (AvgIpc) is 2.33. The molecule has 1 aromatic carbocycles. The number of aliphatic hydroxyl groups is 1. The molecule has 0 aliphatic carbocycles. The summed E-state index contributed by atoms with van der Waals surface area (Å²) in [5.41, 5.74) is -0.103. The topological polar surface area (TPSA) is 23.5 Å². The Morgan fingerprint density at radius 1 is 1.29 bits per heavy atom. The number of hydrogen-bond acceptors (Lipinski definition) is 2. The molecule has 0 unspecified atom stereocenters. The van der Waals surface area contributed by atoms with Gasteiger partial charge in [0.25, 0.3) is 0 Å². The molecule has 0 aromatic heterocycles. The minimum Gasteiger partial charge on any atom is -0.389 e. The van der Waals surface area contributed by atoms with Gasteiger partial charge in [0.05, 0.1) is 5.60 Å². The second-order valence-corrected chi connectivity index (χ2v) is 4.93. The lowest BCUT2D eigenvalue weighted by molar-refractivity contribution is -0.0199. The van der Waals surface area contributed by atoms with Crippen molar-refractivity contribution in [2.45, 2.75) is 31.8 Å². The lowest BCUT2D eigenvalue weighted by Crippen LogP contribution is -2.45. The van der Waals surface area contributed by atoms with Crippen LogP contribution in [0.5, 0.6) is 0 Å². The standard InChI is InChI=1S/C14H20FNO/c1-2-16-9-7-14(17,8-10-16)11-12-5-3-4-6-13(12)15/h3-6,17H,2,7-11H2,1H3. The summed E-state index contributed by atoms with van der Waals surface area (Å²) in [6.45, 7) is 4.96. The van der Waals surface area contributed by atoms with Crippen molar-refractivity contribution in [3.05, 3.63) is 35.6 Å². The van der Waals surface area contributed by atoms with Crippen LogP contribution in [0.2, 0.25) is 0 Å². The van der Waals surface area contributed by atoms with E-state index in [1.54, 1.807) is 12.1 Å². The first-order valence-corrected chi connectivity index (χ1v) is 6.31.